The van der Waals surface area contributed by atoms with Crippen molar-refractivity contribution in [3.05, 3.63) is 83.9 Å². The number of aromatic nitrogens is 2. The van der Waals surface area contributed by atoms with E-state index in [4.69, 9.17) is 9.66 Å². The van der Waals surface area contributed by atoms with Crippen LogP contribution in [0, 0.1) is 6.92 Å². The van der Waals surface area contributed by atoms with Crippen molar-refractivity contribution in [3.8, 4) is 22.8 Å². The lowest BCUT2D eigenvalue weighted by molar-refractivity contribution is 0.431. The van der Waals surface area contributed by atoms with Crippen molar-refractivity contribution in [3.63, 3.8) is 0 Å². The molecule has 0 saturated carbocycles. The van der Waals surface area contributed by atoms with Crippen LogP contribution < -0.4 is 9.86 Å². The second kappa shape index (κ2) is 9.47. The van der Waals surface area contributed by atoms with Crippen LogP contribution in [0.3, 0.4) is 0 Å². The molecule has 0 fully saturated rings. The summed E-state index contributed by atoms with van der Waals surface area (Å²) in [6.45, 7) is 2.07. The Labute approximate surface area is 197 Å². The van der Waals surface area contributed by atoms with E-state index in [1.807, 2.05) is 31.2 Å². The van der Waals surface area contributed by atoms with E-state index in [0.29, 0.717) is 17.8 Å². The standard InChI is InChI=1S/C23H22N4O5S2/c1-16-6-10-18(11-7-16)22-26-23(32-27-22)20-4-2-3-5-21(20)34(30,31)25-15-14-17-8-12-19(13-9-17)33(24,28)29/h2-13,25H,14-15H2,1H3,(H2,24,28,29). The number of nitrogens with two attached hydrogens (primary N) is 1. The van der Waals surface area contributed by atoms with E-state index in [0.717, 1.165) is 16.7 Å². The highest BCUT2D eigenvalue weighted by Crippen LogP contribution is 2.28. The summed E-state index contributed by atoms with van der Waals surface area (Å²) in [5, 5.41) is 9.08. The van der Waals surface area contributed by atoms with Gasteiger partial charge in [0.1, 0.15) is 0 Å². The van der Waals surface area contributed by atoms with Gasteiger partial charge in [0.2, 0.25) is 25.9 Å². The average molecular weight is 499 g/mol. The molecule has 0 aliphatic heterocycles. The van der Waals surface area contributed by atoms with Gasteiger partial charge in [0.15, 0.2) is 0 Å². The number of rotatable bonds is 8. The maximum absolute atomic E-state index is 13.0. The molecule has 3 aromatic carbocycles. The third-order valence-electron chi connectivity index (χ3n) is 5.10. The SMILES string of the molecule is Cc1ccc(-c2noc(-c3ccccc3S(=O)(=O)NCCc3ccc(S(N)(=O)=O)cc3)n2)cc1. The Balaban J connectivity index is 1.51. The molecule has 34 heavy (non-hydrogen) atoms. The van der Waals surface area contributed by atoms with E-state index in [2.05, 4.69) is 14.9 Å². The molecule has 0 amide bonds. The second-order valence-electron chi connectivity index (χ2n) is 7.62. The van der Waals surface area contributed by atoms with Gasteiger partial charge in [0.05, 0.1) is 15.4 Å². The van der Waals surface area contributed by atoms with Gasteiger partial charge in [0.25, 0.3) is 5.89 Å². The first-order chi connectivity index (χ1) is 16.1. The number of hydrogen-bond donors (Lipinski definition) is 2. The molecule has 0 radical (unpaired) electrons. The predicted molar refractivity (Wildman–Crippen MR) is 127 cm³/mol. The smallest absolute Gasteiger partial charge is 0.259 e. The molecule has 0 spiro atoms. The molecular weight excluding hydrogens is 476 g/mol. The van der Waals surface area contributed by atoms with Crippen LogP contribution in [-0.2, 0) is 26.5 Å². The largest absolute Gasteiger partial charge is 0.334 e. The lowest BCUT2D eigenvalue weighted by Gasteiger charge is -2.09. The summed E-state index contributed by atoms with van der Waals surface area (Å²) < 4.78 is 56.7. The number of hydrogen-bond acceptors (Lipinski definition) is 7. The van der Waals surface area contributed by atoms with E-state index in [9.17, 15) is 16.8 Å². The van der Waals surface area contributed by atoms with Crippen molar-refractivity contribution in [2.75, 3.05) is 6.54 Å². The second-order valence-corrected chi connectivity index (χ2v) is 10.9. The summed E-state index contributed by atoms with van der Waals surface area (Å²) in [6, 6.07) is 19.9. The molecule has 1 aromatic heterocycles. The topological polar surface area (TPSA) is 145 Å². The van der Waals surface area contributed by atoms with Crippen molar-refractivity contribution in [1.29, 1.82) is 0 Å². The zero-order chi connectivity index (χ0) is 24.3. The molecule has 11 heteroatoms. The van der Waals surface area contributed by atoms with Crippen LogP contribution in [-0.4, -0.2) is 33.5 Å². The van der Waals surface area contributed by atoms with Crippen LogP contribution in [0.2, 0.25) is 0 Å². The molecule has 4 aromatic rings. The molecule has 0 aliphatic carbocycles. The fraction of sp³-hybridized carbons (Fsp3) is 0.130. The number of primary sulfonamides is 1. The fourth-order valence-corrected chi connectivity index (χ4v) is 5.03. The van der Waals surface area contributed by atoms with E-state index < -0.39 is 20.0 Å². The lowest BCUT2D eigenvalue weighted by Crippen LogP contribution is -2.26. The molecule has 0 aliphatic rings. The average Bonchev–Trinajstić information content (AvgIpc) is 3.29. The first-order valence-corrected chi connectivity index (χ1v) is 13.3. The third-order valence-corrected chi connectivity index (χ3v) is 7.55. The quantitative estimate of drug-likeness (QED) is 0.380. The molecule has 0 unspecified atom stereocenters. The summed E-state index contributed by atoms with van der Waals surface area (Å²) in [6.07, 6.45) is 0.352. The lowest BCUT2D eigenvalue weighted by atomic mass is 10.1. The highest BCUT2D eigenvalue weighted by molar-refractivity contribution is 7.89. The van der Waals surface area contributed by atoms with Gasteiger partial charge < -0.3 is 4.52 Å². The van der Waals surface area contributed by atoms with Gasteiger partial charge in [-0.25, -0.2) is 26.7 Å². The van der Waals surface area contributed by atoms with Gasteiger partial charge in [-0.2, -0.15) is 4.98 Å². The van der Waals surface area contributed by atoms with Crippen LogP contribution in [0.15, 0.2) is 87.1 Å². The summed E-state index contributed by atoms with van der Waals surface area (Å²) in [5.41, 5.74) is 2.89. The van der Waals surface area contributed by atoms with Gasteiger partial charge >= 0.3 is 0 Å². The van der Waals surface area contributed by atoms with Gasteiger partial charge in [-0.15, -0.1) is 0 Å². The van der Waals surface area contributed by atoms with Crippen molar-refractivity contribution in [2.45, 2.75) is 23.1 Å². The molecule has 0 bridgehead atoms. The zero-order valence-electron chi connectivity index (χ0n) is 18.2. The molecule has 1 heterocycles. The van der Waals surface area contributed by atoms with Crippen molar-refractivity contribution in [1.82, 2.24) is 14.9 Å². The minimum absolute atomic E-state index is 0.00433. The van der Waals surface area contributed by atoms with Crippen LogP contribution in [0.4, 0.5) is 0 Å². The summed E-state index contributed by atoms with van der Waals surface area (Å²) in [4.78, 5) is 4.39. The van der Waals surface area contributed by atoms with Crippen LogP contribution >= 0.6 is 0 Å². The molecule has 4 rings (SSSR count). The van der Waals surface area contributed by atoms with Crippen LogP contribution in [0.25, 0.3) is 22.8 Å². The van der Waals surface area contributed by atoms with Crippen LogP contribution in [0.5, 0.6) is 0 Å². The highest BCUT2D eigenvalue weighted by Gasteiger charge is 2.22. The number of benzene rings is 3. The molecule has 0 atom stereocenters. The number of nitrogens with one attached hydrogen (secondary N) is 1. The zero-order valence-corrected chi connectivity index (χ0v) is 19.8. The Morgan fingerprint density at radius 3 is 2.26 bits per heavy atom. The maximum atomic E-state index is 13.0. The van der Waals surface area contributed by atoms with Crippen molar-refractivity contribution >= 4 is 20.0 Å². The van der Waals surface area contributed by atoms with Gasteiger partial charge in [-0.05, 0) is 43.2 Å². The summed E-state index contributed by atoms with van der Waals surface area (Å²) in [7, 11) is -7.68. The Kier molecular flexibility index (Phi) is 6.62. The highest BCUT2D eigenvalue weighted by atomic mass is 32.2. The third kappa shape index (κ3) is 5.39. The normalized spacial score (nSPS) is 12.1. The monoisotopic (exact) mass is 498 g/mol. The van der Waals surface area contributed by atoms with Crippen molar-refractivity contribution in [2.24, 2.45) is 5.14 Å². The number of sulfonamides is 2. The summed E-state index contributed by atoms with van der Waals surface area (Å²) >= 11 is 0. The van der Waals surface area contributed by atoms with E-state index >= 15 is 0 Å². The molecule has 9 nitrogen and oxygen atoms in total. The first kappa shape index (κ1) is 23.8. The predicted octanol–water partition coefficient (Wildman–Crippen LogP) is 2.88. The minimum Gasteiger partial charge on any atom is -0.334 e. The Morgan fingerprint density at radius 1 is 0.912 bits per heavy atom. The first-order valence-electron chi connectivity index (χ1n) is 10.2. The molecule has 176 valence electrons. The van der Waals surface area contributed by atoms with Gasteiger partial charge in [0, 0.05) is 12.1 Å². The van der Waals surface area contributed by atoms with Crippen LogP contribution in [0.1, 0.15) is 11.1 Å². The maximum Gasteiger partial charge on any atom is 0.259 e. The van der Waals surface area contributed by atoms with Gasteiger partial charge in [-0.3, -0.25) is 0 Å². The van der Waals surface area contributed by atoms with E-state index in [1.165, 1.54) is 18.2 Å². The van der Waals surface area contributed by atoms with Crippen molar-refractivity contribution < 1.29 is 21.4 Å². The fourth-order valence-electron chi connectivity index (χ4n) is 3.28. The molecular formula is C23H22N4O5S2. The Hall–Kier alpha value is -3.38. The number of aryl methyl sites for hydroxylation is 1. The minimum atomic E-state index is -3.90. The van der Waals surface area contributed by atoms with E-state index in [1.54, 1.807) is 30.3 Å². The Bertz CT molecular complexity index is 1510. The van der Waals surface area contributed by atoms with Gasteiger partial charge in [-0.1, -0.05) is 59.3 Å². The number of nitrogens with zero attached hydrogens (tertiary/aromatic N) is 2. The molecule has 3 N–H and O–H groups in total. The summed E-state index contributed by atoms with van der Waals surface area (Å²) in [5.74, 6) is 0.452. The molecule has 0 saturated heterocycles. The van der Waals surface area contributed by atoms with E-state index in [-0.39, 0.29) is 22.2 Å². The Morgan fingerprint density at radius 2 is 1.59 bits per heavy atom.